The number of esters is 1. The van der Waals surface area contributed by atoms with Crippen molar-refractivity contribution in [2.24, 2.45) is 0 Å². The molecule has 0 heterocycles. The van der Waals surface area contributed by atoms with Gasteiger partial charge in [0.25, 0.3) is 17.3 Å². The molecule has 24 heavy (non-hydrogen) atoms. The molecule has 1 atom stereocenters. The monoisotopic (exact) mass is 339 g/mol. The molecule has 0 aliphatic carbocycles. The zero-order valence-corrected chi connectivity index (χ0v) is 13.3. The molecule has 0 bridgehead atoms. The van der Waals surface area contributed by atoms with E-state index in [1.807, 2.05) is 0 Å². The number of carbonyl (C=O) groups is 2. The molecule has 1 amide bonds. The summed E-state index contributed by atoms with van der Waals surface area (Å²) < 4.78 is 4.99. The molecular formula is C14H17N3O7. The molecule has 0 fully saturated rings. The highest BCUT2D eigenvalue weighted by molar-refractivity contribution is 5.97. The van der Waals surface area contributed by atoms with Crippen LogP contribution in [0.25, 0.3) is 0 Å². The predicted molar refractivity (Wildman–Crippen MR) is 82.5 cm³/mol. The first-order valence-electron chi connectivity index (χ1n) is 7.11. The van der Waals surface area contributed by atoms with Gasteiger partial charge < -0.3 is 10.1 Å². The first-order valence-corrected chi connectivity index (χ1v) is 7.11. The van der Waals surface area contributed by atoms with Crippen LogP contribution in [0.15, 0.2) is 18.2 Å². The number of hydrogen-bond donors (Lipinski definition) is 1. The maximum Gasteiger partial charge on any atom is 0.328 e. The first kappa shape index (κ1) is 19.0. The smallest absolute Gasteiger partial charge is 0.328 e. The summed E-state index contributed by atoms with van der Waals surface area (Å²) in [6, 6.07) is 1.60. The Hall–Kier alpha value is -3.04. The minimum Gasteiger partial charge on any atom is -0.461 e. The van der Waals surface area contributed by atoms with Crippen LogP contribution in [0.2, 0.25) is 0 Å². The molecule has 10 nitrogen and oxygen atoms in total. The third-order valence-electron chi connectivity index (χ3n) is 2.94. The van der Waals surface area contributed by atoms with Gasteiger partial charge in [-0.1, -0.05) is 6.92 Å². The lowest BCUT2D eigenvalue weighted by Crippen LogP contribution is -2.42. The molecule has 1 aromatic carbocycles. The number of nitrogens with zero attached hydrogens (tertiary/aromatic N) is 2. The lowest BCUT2D eigenvalue weighted by Gasteiger charge is -2.17. The minimum absolute atomic E-state index is 0.230. The summed E-state index contributed by atoms with van der Waals surface area (Å²) in [4.78, 5) is 44.0. The van der Waals surface area contributed by atoms with E-state index in [1.54, 1.807) is 20.8 Å². The fourth-order valence-electron chi connectivity index (χ4n) is 1.82. The number of ether oxygens (including phenoxy) is 1. The molecule has 10 heteroatoms. The number of nitro groups is 2. The summed E-state index contributed by atoms with van der Waals surface area (Å²) in [6.45, 7) is 4.94. The Bertz CT molecular complexity index is 640. The topological polar surface area (TPSA) is 142 Å². The molecule has 0 aliphatic heterocycles. The van der Waals surface area contributed by atoms with E-state index < -0.39 is 39.1 Å². The number of carbonyl (C=O) groups excluding carboxylic acids is 2. The van der Waals surface area contributed by atoms with E-state index in [1.165, 1.54) is 0 Å². The van der Waals surface area contributed by atoms with Crippen LogP contribution in [0.4, 0.5) is 11.4 Å². The minimum atomic E-state index is -0.960. The summed E-state index contributed by atoms with van der Waals surface area (Å²) in [5, 5.41) is 24.0. The van der Waals surface area contributed by atoms with Gasteiger partial charge in [0, 0.05) is 12.1 Å². The van der Waals surface area contributed by atoms with Crippen LogP contribution in [0.3, 0.4) is 0 Å². The van der Waals surface area contributed by atoms with Gasteiger partial charge in [0.05, 0.1) is 27.6 Å². The highest BCUT2D eigenvalue weighted by atomic mass is 16.6. The molecule has 0 spiro atoms. The van der Waals surface area contributed by atoms with Crippen LogP contribution < -0.4 is 5.32 Å². The van der Waals surface area contributed by atoms with Crippen molar-refractivity contribution in [1.82, 2.24) is 5.32 Å². The van der Waals surface area contributed by atoms with Gasteiger partial charge in [-0.2, -0.15) is 0 Å². The molecule has 0 aliphatic rings. The molecule has 0 aromatic heterocycles. The first-order chi connectivity index (χ1) is 11.1. The van der Waals surface area contributed by atoms with Crippen LogP contribution in [-0.4, -0.2) is 33.9 Å². The molecule has 0 unspecified atom stereocenters. The van der Waals surface area contributed by atoms with E-state index in [0.29, 0.717) is 0 Å². The van der Waals surface area contributed by atoms with Crippen LogP contribution >= 0.6 is 0 Å². The van der Waals surface area contributed by atoms with Crippen molar-refractivity contribution in [1.29, 1.82) is 0 Å². The quantitative estimate of drug-likeness (QED) is 0.454. The molecule has 1 aromatic rings. The Morgan fingerprint density at radius 3 is 2.00 bits per heavy atom. The van der Waals surface area contributed by atoms with E-state index in [0.717, 1.165) is 18.2 Å². The largest absolute Gasteiger partial charge is 0.461 e. The number of benzene rings is 1. The standard InChI is InChI=1S/C14H17N3O7/c1-4-12(14(19)24-8(2)3)15-13(18)9-5-10(16(20)21)7-11(6-9)17(22)23/h5-8,12H,4H2,1-3H3,(H,15,18)/t12-/m0/s1. The Labute approximate surface area is 137 Å². The molecule has 130 valence electrons. The number of amides is 1. The molecule has 0 radical (unpaired) electrons. The average Bonchev–Trinajstić information content (AvgIpc) is 2.50. The zero-order chi connectivity index (χ0) is 18.4. The number of non-ortho nitro benzene ring substituents is 2. The highest BCUT2D eigenvalue weighted by Gasteiger charge is 2.25. The van der Waals surface area contributed by atoms with Crippen molar-refractivity contribution >= 4 is 23.3 Å². The van der Waals surface area contributed by atoms with Crippen molar-refractivity contribution in [3.05, 3.63) is 44.0 Å². The Kier molecular flexibility index (Phi) is 6.33. The average molecular weight is 339 g/mol. The van der Waals surface area contributed by atoms with Crippen molar-refractivity contribution in [2.45, 2.75) is 39.3 Å². The molecule has 0 saturated carbocycles. The lowest BCUT2D eigenvalue weighted by molar-refractivity contribution is -0.394. The van der Waals surface area contributed by atoms with Crippen LogP contribution in [0.5, 0.6) is 0 Å². The van der Waals surface area contributed by atoms with Crippen molar-refractivity contribution in [3.63, 3.8) is 0 Å². The van der Waals surface area contributed by atoms with E-state index in [-0.39, 0.29) is 18.1 Å². The number of nitrogens with one attached hydrogen (secondary N) is 1. The van der Waals surface area contributed by atoms with E-state index in [9.17, 15) is 29.8 Å². The van der Waals surface area contributed by atoms with Crippen LogP contribution in [-0.2, 0) is 9.53 Å². The normalized spacial score (nSPS) is 11.7. The van der Waals surface area contributed by atoms with Crippen LogP contribution in [0.1, 0.15) is 37.6 Å². The summed E-state index contributed by atoms with van der Waals surface area (Å²) in [6.07, 6.45) is -0.142. The van der Waals surface area contributed by atoms with Crippen molar-refractivity contribution in [3.8, 4) is 0 Å². The summed E-state index contributed by atoms with van der Waals surface area (Å²) in [5.74, 6) is -1.49. The van der Waals surface area contributed by atoms with Gasteiger partial charge in [0.15, 0.2) is 0 Å². The summed E-state index contributed by atoms with van der Waals surface area (Å²) in [5.41, 5.74) is -1.47. The second-order valence-electron chi connectivity index (χ2n) is 5.17. The van der Waals surface area contributed by atoms with E-state index >= 15 is 0 Å². The van der Waals surface area contributed by atoms with Gasteiger partial charge in [-0.15, -0.1) is 0 Å². The summed E-state index contributed by atoms with van der Waals surface area (Å²) in [7, 11) is 0. The van der Waals surface area contributed by atoms with Gasteiger partial charge in [-0.3, -0.25) is 25.0 Å². The predicted octanol–water partition coefficient (Wildman–Crippen LogP) is 1.96. The third kappa shape index (κ3) is 5.00. The number of hydrogen-bond acceptors (Lipinski definition) is 7. The van der Waals surface area contributed by atoms with Crippen LogP contribution in [0, 0.1) is 20.2 Å². The van der Waals surface area contributed by atoms with Gasteiger partial charge >= 0.3 is 5.97 Å². The maximum absolute atomic E-state index is 12.2. The number of rotatable bonds is 7. The fraction of sp³-hybridized carbons (Fsp3) is 0.429. The Morgan fingerprint density at radius 1 is 1.12 bits per heavy atom. The fourth-order valence-corrected chi connectivity index (χ4v) is 1.82. The number of nitro benzene ring substituents is 2. The summed E-state index contributed by atoms with van der Waals surface area (Å²) >= 11 is 0. The lowest BCUT2D eigenvalue weighted by atomic mass is 10.1. The maximum atomic E-state index is 12.2. The molecule has 0 saturated heterocycles. The van der Waals surface area contributed by atoms with Gasteiger partial charge in [0.2, 0.25) is 0 Å². The SMILES string of the molecule is CC[C@H](NC(=O)c1cc([N+](=O)[O-])cc([N+](=O)[O-])c1)C(=O)OC(C)C. The molecular weight excluding hydrogens is 322 g/mol. The van der Waals surface area contributed by atoms with Crippen molar-refractivity contribution < 1.29 is 24.2 Å². The van der Waals surface area contributed by atoms with Gasteiger partial charge in [-0.05, 0) is 20.3 Å². The van der Waals surface area contributed by atoms with E-state index in [2.05, 4.69) is 5.32 Å². The molecule has 1 N–H and O–H groups in total. The van der Waals surface area contributed by atoms with E-state index in [4.69, 9.17) is 4.74 Å². The van der Waals surface area contributed by atoms with Gasteiger partial charge in [-0.25, -0.2) is 4.79 Å². The molecule has 1 rings (SSSR count). The van der Waals surface area contributed by atoms with Crippen molar-refractivity contribution in [2.75, 3.05) is 0 Å². The second-order valence-corrected chi connectivity index (χ2v) is 5.17. The van der Waals surface area contributed by atoms with Gasteiger partial charge in [0.1, 0.15) is 6.04 Å². The second kappa shape index (κ2) is 7.99. The third-order valence-corrected chi connectivity index (χ3v) is 2.94. The highest BCUT2D eigenvalue weighted by Crippen LogP contribution is 2.22. The zero-order valence-electron chi connectivity index (χ0n) is 13.3. The Morgan fingerprint density at radius 2 is 1.62 bits per heavy atom. The Balaban J connectivity index is 3.07.